The van der Waals surface area contributed by atoms with E-state index in [1.165, 1.54) is 23.5 Å². The van der Waals surface area contributed by atoms with Gasteiger partial charge in [0, 0.05) is 4.70 Å². The van der Waals surface area contributed by atoms with Gasteiger partial charge in [0.2, 0.25) is 0 Å². The van der Waals surface area contributed by atoms with E-state index < -0.39 is 5.97 Å². The average molecular weight is 238 g/mol. The Kier molecular flexibility index (Phi) is 2.92. The molecule has 0 saturated heterocycles. The van der Waals surface area contributed by atoms with Crippen LogP contribution in [0.1, 0.15) is 24.8 Å². The van der Waals surface area contributed by atoms with Crippen molar-refractivity contribution in [3.05, 3.63) is 35.0 Å². The van der Waals surface area contributed by atoms with E-state index in [2.05, 4.69) is 0 Å². The zero-order valence-electron chi connectivity index (χ0n) is 8.74. The molecule has 0 aliphatic carbocycles. The number of rotatable bonds is 3. The molecule has 0 fully saturated rings. The number of benzene rings is 1. The van der Waals surface area contributed by atoms with Crippen molar-refractivity contribution in [3.63, 3.8) is 0 Å². The maximum Gasteiger partial charge on any atom is 0.303 e. The highest BCUT2D eigenvalue weighted by molar-refractivity contribution is 7.17. The van der Waals surface area contributed by atoms with Crippen molar-refractivity contribution < 1.29 is 14.3 Å². The minimum atomic E-state index is -0.830. The first-order chi connectivity index (χ1) is 7.58. The van der Waals surface area contributed by atoms with Crippen LogP contribution in [0.3, 0.4) is 0 Å². The molecule has 1 heterocycles. The highest BCUT2D eigenvalue weighted by Gasteiger charge is 2.14. The zero-order chi connectivity index (χ0) is 11.7. The van der Waals surface area contributed by atoms with Crippen LogP contribution in [0, 0.1) is 5.82 Å². The Morgan fingerprint density at radius 1 is 1.56 bits per heavy atom. The summed E-state index contributed by atoms with van der Waals surface area (Å²) in [5.74, 6) is -1.20. The molecule has 1 aromatic heterocycles. The summed E-state index contributed by atoms with van der Waals surface area (Å²) < 4.78 is 14.1. The third kappa shape index (κ3) is 2.07. The van der Waals surface area contributed by atoms with Gasteiger partial charge in [0.05, 0.1) is 6.42 Å². The van der Waals surface area contributed by atoms with Crippen LogP contribution in [-0.4, -0.2) is 11.1 Å². The van der Waals surface area contributed by atoms with Gasteiger partial charge in [0.1, 0.15) is 5.82 Å². The fourth-order valence-electron chi connectivity index (χ4n) is 1.77. The lowest BCUT2D eigenvalue weighted by molar-refractivity contribution is -0.137. The summed E-state index contributed by atoms with van der Waals surface area (Å²) in [6, 6.07) is 4.62. The van der Waals surface area contributed by atoms with Crippen molar-refractivity contribution in [2.75, 3.05) is 0 Å². The minimum absolute atomic E-state index is 0.0718. The molecule has 1 atom stereocenters. The summed E-state index contributed by atoms with van der Waals surface area (Å²) in [4.78, 5) is 10.6. The monoisotopic (exact) mass is 238 g/mol. The van der Waals surface area contributed by atoms with Gasteiger partial charge in [-0.05, 0) is 40.4 Å². The standard InChI is InChI=1S/C12H11FO2S/c1-7(4-12(14)15)10-6-16-11-3-2-8(13)5-9(10)11/h2-3,5-7H,4H2,1H3,(H,14,15). The average Bonchev–Trinajstić information content (AvgIpc) is 2.59. The predicted molar refractivity (Wildman–Crippen MR) is 62.5 cm³/mol. The highest BCUT2D eigenvalue weighted by Crippen LogP contribution is 2.33. The number of thiophene rings is 1. The summed E-state index contributed by atoms with van der Waals surface area (Å²) >= 11 is 1.52. The van der Waals surface area contributed by atoms with Crippen LogP contribution in [0.5, 0.6) is 0 Å². The Labute approximate surface area is 96.3 Å². The smallest absolute Gasteiger partial charge is 0.303 e. The molecule has 1 aromatic carbocycles. The molecule has 0 bridgehead atoms. The molecule has 1 N–H and O–H groups in total. The van der Waals surface area contributed by atoms with Crippen molar-refractivity contribution in [1.29, 1.82) is 0 Å². The van der Waals surface area contributed by atoms with E-state index in [0.717, 1.165) is 15.6 Å². The number of halogens is 1. The summed E-state index contributed by atoms with van der Waals surface area (Å²) in [7, 11) is 0. The molecule has 2 aromatic rings. The summed E-state index contributed by atoms with van der Waals surface area (Å²) in [6.07, 6.45) is 0.0718. The summed E-state index contributed by atoms with van der Waals surface area (Å²) in [5, 5.41) is 11.5. The number of carbonyl (C=O) groups is 1. The van der Waals surface area contributed by atoms with Crippen LogP contribution in [0.15, 0.2) is 23.6 Å². The molecule has 16 heavy (non-hydrogen) atoms. The van der Waals surface area contributed by atoms with E-state index in [1.807, 2.05) is 12.3 Å². The molecule has 0 amide bonds. The lowest BCUT2D eigenvalue weighted by Crippen LogP contribution is -2.02. The van der Waals surface area contributed by atoms with Gasteiger partial charge in [-0.1, -0.05) is 6.92 Å². The molecule has 4 heteroatoms. The summed E-state index contributed by atoms with van der Waals surface area (Å²) in [6.45, 7) is 1.85. The van der Waals surface area contributed by atoms with Gasteiger partial charge in [-0.2, -0.15) is 0 Å². The normalized spacial score (nSPS) is 12.9. The van der Waals surface area contributed by atoms with E-state index in [4.69, 9.17) is 5.11 Å². The molecule has 0 saturated carbocycles. The fraction of sp³-hybridized carbons (Fsp3) is 0.250. The van der Waals surface area contributed by atoms with Crippen molar-refractivity contribution >= 4 is 27.4 Å². The highest BCUT2D eigenvalue weighted by atomic mass is 32.1. The van der Waals surface area contributed by atoms with Crippen LogP contribution in [0.25, 0.3) is 10.1 Å². The molecule has 0 spiro atoms. The molecule has 0 aliphatic heterocycles. The Bertz CT molecular complexity index is 533. The van der Waals surface area contributed by atoms with Crippen LogP contribution in [-0.2, 0) is 4.79 Å². The lowest BCUT2D eigenvalue weighted by Gasteiger charge is -2.07. The van der Waals surface area contributed by atoms with Crippen molar-refractivity contribution in [1.82, 2.24) is 0 Å². The minimum Gasteiger partial charge on any atom is -0.481 e. The molecular formula is C12H11FO2S. The van der Waals surface area contributed by atoms with Crippen LogP contribution >= 0.6 is 11.3 Å². The van der Waals surface area contributed by atoms with Crippen LogP contribution < -0.4 is 0 Å². The van der Waals surface area contributed by atoms with Gasteiger partial charge in [0.15, 0.2) is 0 Å². The summed E-state index contributed by atoms with van der Waals surface area (Å²) in [5.41, 5.74) is 0.918. The quantitative estimate of drug-likeness (QED) is 0.886. The van der Waals surface area contributed by atoms with Gasteiger partial charge in [-0.15, -0.1) is 11.3 Å². The molecule has 2 rings (SSSR count). The predicted octanol–water partition coefficient (Wildman–Crippen LogP) is 3.62. The van der Waals surface area contributed by atoms with E-state index in [9.17, 15) is 9.18 Å². The molecule has 2 nitrogen and oxygen atoms in total. The van der Waals surface area contributed by atoms with E-state index in [0.29, 0.717) is 0 Å². The zero-order valence-corrected chi connectivity index (χ0v) is 9.55. The topological polar surface area (TPSA) is 37.3 Å². The Morgan fingerprint density at radius 3 is 3.00 bits per heavy atom. The van der Waals surface area contributed by atoms with Crippen LogP contribution in [0.4, 0.5) is 4.39 Å². The number of carboxylic acids is 1. The second kappa shape index (κ2) is 4.22. The SMILES string of the molecule is CC(CC(=O)O)c1csc2ccc(F)cc12. The Hall–Kier alpha value is -1.42. The van der Waals surface area contributed by atoms with Gasteiger partial charge in [-0.3, -0.25) is 4.79 Å². The second-order valence-corrected chi connectivity index (χ2v) is 4.74. The van der Waals surface area contributed by atoms with Crippen molar-refractivity contribution in [2.24, 2.45) is 0 Å². The van der Waals surface area contributed by atoms with E-state index in [1.54, 1.807) is 6.07 Å². The van der Waals surface area contributed by atoms with Gasteiger partial charge in [0.25, 0.3) is 0 Å². The van der Waals surface area contributed by atoms with Crippen LogP contribution in [0.2, 0.25) is 0 Å². The van der Waals surface area contributed by atoms with Gasteiger partial charge in [-0.25, -0.2) is 4.39 Å². The maximum absolute atomic E-state index is 13.1. The molecular weight excluding hydrogens is 227 g/mol. The number of fused-ring (bicyclic) bond motifs is 1. The third-order valence-corrected chi connectivity index (χ3v) is 3.56. The Balaban J connectivity index is 2.44. The van der Waals surface area contributed by atoms with Crippen molar-refractivity contribution in [3.8, 4) is 0 Å². The lowest BCUT2D eigenvalue weighted by atomic mass is 9.97. The molecule has 1 unspecified atom stereocenters. The molecule has 84 valence electrons. The number of hydrogen-bond donors (Lipinski definition) is 1. The van der Waals surface area contributed by atoms with E-state index in [-0.39, 0.29) is 18.2 Å². The molecule has 0 aliphatic rings. The maximum atomic E-state index is 13.1. The van der Waals surface area contributed by atoms with Gasteiger partial charge >= 0.3 is 5.97 Å². The number of carboxylic acid groups (broad SMARTS) is 1. The molecule has 0 radical (unpaired) electrons. The largest absolute Gasteiger partial charge is 0.481 e. The first kappa shape index (κ1) is 11.1. The second-order valence-electron chi connectivity index (χ2n) is 3.83. The van der Waals surface area contributed by atoms with E-state index >= 15 is 0 Å². The first-order valence-electron chi connectivity index (χ1n) is 4.96. The number of aliphatic carboxylic acids is 1. The fourth-order valence-corrected chi connectivity index (χ4v) is 2.84. The van der Waals surface area contributed by atoms with Crippen molar-refractivity contribution in [2.45, 2.75) is 19.3 Å². The number of hydrogen-bond acceptors (Lipinski definition) is 2. The third-order valence-electron chi connectivity index (χ3n) is 2.58. The first-order valence-corrected chi connectivity index (χ1v) is 5.84. The van der Waals surface area contributed by atoms with Gasteiger partial charge < -0.3 is 5.11 Å². The Morgan fingerprint density at radius 2 is 2.31 bits per heavy atom.